The Balaban J connectivity index is 0.000000221. The molecule has 0 bridgehead atoms. The van der Waals surface area contributed by atoms with Crippen LogP contribution in [0.15, 0.2) is 116 Å². The number of alkyl halides is 6. The SMILES string of the molecule is C.CC(=O)c1nc(-c2ccc(F)cc2F)cn1C.CC(C)N1C=CN(c2[c-]c(N3C=CN(C(C)C)[CH-]3)cc(C(F)(F)F)c2)[CH-]1.CCOC(C)=O.Cc1cc(-c2nc(-c3[c-]cc(F)cc3F)cn2C)[n-]n1.Cn1cc(-c2ccc(F)cc2F)nc1-c1cc(C(F)(F)F)[nH]n1.[Ir]. The number of aromatic nitrogens is 10. The minimum atomic E-state index is -4.55. The largest absolute Gasteiger partial charge is 0.572 e. The van der Waals surface area contributed by atoms with Gasteiger partial charge < -0.3 is 48.2 Å². The number of Topliss-reactive ketones (excluding diaryl/α,β-unsaturated/α-hetero) is 1. The zero-order valence-corrected chi connectivity index (χ0v) is 53.8. The Morgan fingerprint density at radius 3 is 1.55 bits per heavy atom. The van der Waals surface area contributed by atoms with Crippen LogP contribution >= 0.6 is 0 Å². The van der Waals surface area contributed by atoms with E-state index >= 15 is 0 Å². The van der Waals surface area contributed by atoms with E-state index in [1.165, 1.54) is 54.6 Å². The van der Waals surface area contributed by atoms with Crippen LogP contribution in [0.5, 0.6) is 0 Å². The number of carbonyl (C=O) groups excluding carboxylic acids is 2. The van der Waals surface area contributed by atoms with E-state index in [0.717, 1.165) is 54.2 Å². The summed E-state index contributed by atoms with van der Waals surface area (Å²) in [6, 6.07) is 19.1. The summed E-state index contributed by atoms with van der Waals surface area (Å²) < 4.78 is 167. The first-order valence-corrected chi connectivity index (χ1v) is 27.7. The Labute approximate surface area is 547 Å². The molecule has 30 heteroatoms. The van der Waals surface area contributed by atoms with Gasteiger partial charge >= 0.3 is 18.3 Å². The van der Waals surface area contributed by atoms with Crippen LogP contribution in [0.1, 0.15) is 83.5 Å². The number of benzene rings is 4. The third-order valence-corrected chi connectivity index (χ3v) is 13.1. The van der Waals surface area contributed by atoms with Crippen LogP contribution < -0.4 is 14.9 Å². The summed E-state index contributed by atoms with van der Waals surface area (Å²) in [7, 11) is 4.96. The van der Waals surface area contributed by atoms with E-state index < -0.39 is 58.5 Å². The zero-order valence-electron chi connectivity index (χ0n) is 51.4. The molecule has 0 saturated carbocycles. The van der Waals surface area contributed by atoms with Gasteiger partial charge in [-0.15, -0.1) is 41.7 Å². The van der Waals surface area contributed by atoms with Gasteiger partial charge in [0.15, 0.2) is 17.4 Å². The van der Waals surface area contributed by atoms with Gasteiger partial charge in [-0.3, -0.25) is 28.5 Å². The predicted octanol–water partition coefficient (Wildman–Crippen LogP) is 14.8. The maximum Gasteiger partial charge on any atom is 0.432 e. The summed E-state index contributed by atoms with van der Waals surface area (Å²) in [5, 5.41) is 13.4. The van der Waals surface area contributed by atoms with E-state index in [-0.39, 0.29) is 91.1 Å². The van der Waals surface area contributed by atoms with Crippen LogP contribution in [0.2, 0.25) is 0 Å². The molecule has 505 valence electrons. The third kappa shape index (κ3) is 19.3. The van der Waals surface area contributed by atoms with Crippen molar-refractivity contribution < 1.29 is 87.1 Å². The number of carbonyl (C=O) groups is 2. The number of hydrogen-bond acceptors (Lipinski definition) is 12. The second kappa shape index (κ2) is 31.9. The molecule has 2 aliphatic heterocycles. The van der Waals surface area contributed by atoms with E-state index in [0.29, 0.717) is 47.0 Å². The molecule has 17 nitrogen and oxygen atoms in total. The van der Waals surface area contributed by atoms with Crippen LogP contribution in [0.25, 0.3) is 56.8 Å². The fraction of sp³-hybridized carbons (Fsp3) is 0.266. The predicted molar refractivity (Wildman–Crippen MR) is 323 cm³/mol. The molecule has 11 rings (SSSR count). The first kappa shape index (κ1) is 75.3. The number of ether oxygens (including phenoxy) is 1. The van der Waals surface area contributed by atoms with Crippen LogP contribution in [0, 0.1) is 67.3 Å². The molecular weight excluding hydrogens is 1430 g/mol. The maximum absolute atomic E-state index is 13.8. The molecule has 0 amide bonds. The maximum atomic E-state index is 13.8. The summed E-state index contributed by atoms with van der Waals surface area (Å²) in [5.74, 6) is -3.74. The van der Waals surface area contributed by atoms with Gasteiger partial charge in [-0.2, -0.15) is 44.8 Å². The molecular formula is C64H63F12IrN14O3-5. The topological polar surface area (TPSA) is 165 Å². The molecule has 5 aromatic heterocycles. The molecule has 7 heterocycles. The molecule has 2 aliphatic rings. The third-order valence-electron chi connectivity index (χ3n) is 13.1. The standard InChI is InChI=1S/C19H22F3N4.C14H9F5N4.C14H10F2N4.C12H10F2N2O.C4H8O2.CH4.Ir/c1-14(2)23-5-7-25(12-23)17-9-16(19(20,21)22)10-18(11-17)26-8-6-24(13-26)15(3)4;1-23-6-11(8-3-2-7(15)4-9(8)16)20-13(23)10-5-12(22-21-10)14(17,18)19;1-8-5-12(19-18-8)14-17-13(7-20(14)2)10-4-3-9(15)6-11(10)16;1-7(17)12-15-11(6-16(12)2)9-4-3-8(13)5-10(9)14;1-3-6-4(2)5;;/h5-10,12-15H,1-4H3;2-6H,1H3,(H,21,22);3,5-7H,1-2H3;3-6H,1-2H3;3H2,1-2H3;1H4;/q-3;;-2;;;;. The number of aryl methyl sites for hydroxylation is 4. The first-order valence-electron chi connectivity index (χ1n) is 27.7. The first-order chi connectivity index (χ1) is 43.2. The number of halogens is 12. The van der Waals surface area contributed by atoms with Crippen molar-refractivity contribution in [3.05, 3.63) is 199 Å². The van der Waals surface area contributed by atoms with Gasteiger partial charge in [0, 0.05) is 114 Å². The van der Waals surface area contributed by atoms with Crippen molar-refractivity contribution in [3.63, 3.8) is 0 Å². The molecule has 0 spiro atoms. The summed E-state index contributed by atoms with van der Waals surface area (Å²) >= 11 is 0. The van der Waals surface area contributed by atoms with Crippen molar-refractivity contribution >= 4 is 23.1 Å². The van der Waals surface area contributed by atoms with Gasteiger partial charge in [-0.25, -0.2) is 27.5 Å². The number of rotatable bonds is 11. The molecule has 4 aromatic carbocycles. The molecule has 0 saturated heterocycles. The number of nitrogens with zero attached hydrogens (tertiary/aromatic N) is 13. The van der Waals surface area contributed by atoms with Crippen molar-refractivity contribution in [2.24, 2.45) is 21.1 Å². The number of aromatic amines is 1. The number of H-pyrrole nitrogens is 1. The van der Waals surface area contributed by atoms with Crippen LogP contribution in [-0.4, -0.2) is 84.2 Å². The Hall–Kier alpha value is -9.44. The molecule has 1 radical (unpaired) electrons. The quantitative estimate of drug-likeness (QED) is 0.0563. The smallest absolute Gasteiger partial charge is 0.432 e. The average Bonchev–Trinajstić information content (AvgIpc) is 1.61. The fourth-order valence-corrected chi connectivity index (χ4v) is 8.52. The van der Waals surface area contributed by atoms with Crippen LogP contribution in [-0.2, 0) is 63.1 Å². The zero-order chi connectivity index (χ0) is 67.7. The number of ketones is 1. The molecule has 0 fully saturated rings. The number of nitrogens with one attached hydrogen (secondary N) is 1. The normalized spacial score (nSPS) is 12.5. The van der Waals surface area contributed by atoms with Gasteiger partial charge in [0.25, 0.3) is 0 Å². The van der Waals surface area contributed by atoms with Crippen molar-refractivity contribution in [1.82, 2.24) is 58.8 Å². The summed E-state index contributed by atoms with van der Waals surface area (Å²) in [5.41, 5.74) is 1.54. The molecule has 0 aliphatic carbocycles. The number of anilines is 2. The Morgan fingerprint density at radius 1 is 0.638 bits per heavy atom. The summed E-state index contributed by atoms with van der Waals surface area (Å²) in [6.07, 6.45) is 2.76. The Morgan fingerprint density at radius 2 is 1.14 bits per heavy atom. The molecule has 1 N–H and O–H groups in total. The molecule has 9 aromatic rings. The van der Waals surface area contributed by atoms with E-state index in [9.17, 15) is 62.3 Å². The number of hydrogen-bond donors (Lipinski definition) is 1. The van der Waals surface area contributed by atoms with E-state index in [2.05, 4.69) is 47.1 Å². The summed E-state index contributed by atoms with van der Waals surface area (Å²) in [4.78, 5) is 40.6. The van der Waals surface area contributed by atoms with Gasteiger partial charge in [0.1, 0.15) is 40.5 Å². The van der Waals surface area contributed by atoms with Crippen LogP contribution in [0.4, 0.5) is 64.1 Å². The minimum absolute atomic E-state index is 0. The van der Waals surface area contributed by atoms with E-state index in [4.69, 9.17) is 0 Å². The number of esters is 1. The van der Waals surface area contributed by atoms with Gasteiger partial charge in [-0.1, -0.05) is 36.4 Å². The molecule has 94 heavy (non-hydrogen) atoms. The Kier molecular flexibility index (Phi) is 25.6. The number of imidazole rings is 3. The van der Waals surface area contributed by atoms with Crippen molar-refractivity contribution in [1.29, 1.82) is 0 Å². The van der Waals surface area contributed by atoms with Crippen LogP contribution in [0.3, 0.4) is 0 Å². The fourth-order valence-electron chi connectivity index (χ4n) is 8.52. The second-order valence-corrected chi connectivity index (χ2v) is 20.8. The average molecular weight is 1500 g/mol. The van der Waals surface area contributed by atoms with Crippen molar-refractivity contribution in [2.45, 2.75) is 87.3 Å². The molecule has 0 atom stereocenters. The van der Waals surface area contributed by atoms with Gasteiger partial charge in [0.2, 0.25) is 0 Å². The Bertz CT molecular complexity index is 4060. The van der Waals surface area contributed by atoms with Gasteiger partial charge in [0.05, 0.1) is 18.0 Å². The van der Waals surface area contributed by atoms with Gasteiger partial charge in [-0.05, 0) is 115 Å². The second-order valence-electron chi connectivity index (χ2n) is 20.8. The van der Waals surface area contributed by atoms with E-state index in [1.54, 1.807) is 73.4 Å². The molecule has 0 unspecified atom stereocenters. The monoisotopic (exact) mass is 1500 g/mol. The van der Waals surface area contributed by atoms with E-state index in [1.807, 2.05) is 61.9 Å². The summed E-state index contributed by atoms with van der Waals surface area (Å²) in [6.45, 7) is 18.4. The minimum Gasteiger partial charge on any atom is -0.572 e. The van der Waals surface area contributed by atoms with Crippen molar-refractivity contribution in [3.8, 4) is 56.8 Å². The van der Waals surface area contributed by atoms with Crippen molar-refractivity contribution in [2.75, 3.05) is 16.4 Å².